The van der Waals surface area contributed by atoms with Gasteiger partial charge in [0.25, 0.3) is 17.8 Å². The number of rotatable bonds is 5. The van der Waals surface area contributed by atoms with Crippen molar-refractivity contribution >= 4 is 52.4 Å². The fraction of sp³-hybridized carbons (Fsp3) is 0.0870. The Morgan fingerprint density at radius 2 is 1.61 bits per heavy atom. The molecule has 3 heterocycles. The Kier molecular flexibility index (Phi) is 6.08. The molecule has 1 aliphatic rings. The number of hydrogen-bond donors (Lipinski definition) is 2. The van der Waals surface area contributed by atoms with Gasteiger partial charge in [0.05, 0.1) is 38.6 Å². The van der Waals surface area contributed by atoms with Gasteiger partial charge in [-0.05, 0) is 37.3 Å². The van der Waals surface area contributed by atoms with Crippen molar-refractivity contribution in [3.05, 3.63) is 88.2 Å². The molecule has 0 unspecified atom stereocenters. The molecule has 180 valence electrons. The molecule has 5 rings (SSSR count). The van der Waals surface area contributed by atoms with Crippen LogP contribution in [0.2, 0.25) is 10.0 Å². The number of nitrogens with zero attached hydrogens (tertiary/aromatic N) is 6. The lowest BCUT2D eigenvalue weighted by Crippen LogP contribution is -2.33. The minimum Gasteiger partial charge on any atom is -0.328 e. The molecule has 4 amide bonds. The zero-order chi connectivity index (χ0) is 25.4. The summed E-state index contributed by atoms with van der Waals surface area (Å²) in [5, 5.41) is 9.66. The molecule has 0 saturated heterocycles. The number of halogens is 2. The lowest BCUT2D eigenvalue weighted by atomic mass is 10.1. The molecule has 1 aliphatic heterocycles. The molecule has 36 heavy (non-hydrogen) atoms. The minimum absolute atomic E-state index is 0.0739. The average Bonchev–Trinajstić information content (AvgIpc) is 3.46. The van der Waals surface area contributed by atoms with Gasteiger partial charge in [0.1, 0.15) is 6.33 Å². The Bertz CT molecular complexity index is 1470. The number of amides is 4. The third-order valence-corrected chi connectivity index (χ3v) is 5.99. The van der Waals surface area contributed by atoms with Gasteiger partial charge >= 0.3 is 6.03 Å². The molecule has 2 N–H and O–H groups in total. The van der Waals surface area contributed by atoms with E-state index in [0.717, 1.165) is 4.90 Å². The molecule has 0 fully saturated rings. The summed E-state index contributed by atoms with van der Waals surface area (Å²) in [5.74, 6) is -0.353. The minimum atomic E-state index is -0.622. The van der Waals surface area contributed by atoms with E-state index in [4.69, 9.17) is 23.2 Å². The third kappa shape index (κ3) is 4.14. The van der Waals surface area contributed by atoms with E-state index in [1.807, 2.05) is 0 Å². The normalized spacial score (nSPS) is 13.5. The second kappa shape index (κ2) is 9.36. The number of carbonyl (C=O) groups is 3. The molecule has 0 bridgehead atoms. The van der Waals surface area contributed by atoms with Gasteiger partial charge in [-0.25, -0.2) is 24.6 Å². The van der Waals surface area contributed by atoms with Crippen molar-refractivity contribution in [2.24, 2.45) is 0 Å². The summed E-state index contributed by atoms with van der Waals surface area (Å²) in [7, 11) is 0. The summed E-state index contributed by atoms with van der Waals surface area (Å²) < 4.78 is 1.40. The molecule has 0 saturated carbocycles. The fourth-order valence-corrected chi connectivity index (χ4v) is 4.25. The van der Waals surface area contributed by atoms with Crippen LogP contribution in [0.25, 0.3) is 5.95 Å². The number of anilines is 2. The van der Waals surface area contributed by atoms with Crippen LogP contribution in [0, 0.1) is 0 Å². The topological polar surface area (TPSA) is 135 Å². The van der Waals surface area contributed by atoms with E-state index in [1.165, 1.54) is 23.1 Å². The maximum atomic E-state index is 12.9. The second-order valence-electron chi connectivity index (χ2n) is 7.67. The second-order valence-corrected chi connectivity index (χ2v) is 8.49. The first kappa shape index (κ1) is 23.4. The van der Waals surface area contributed by atoms with Gasteiger partial charge < -0.3 is 10.6 Å². The first-order valence-corrected chi connectivity index (χ1v) is 11.3. The maximum absolute atomic E-state index is 12.9. The summed E-state index contributed by atoms with van der Waals surface area (Å²) >= 11 is 12.6. The number of benzene rings is 2. The first-order valence-electron chi connectivity index (χ1n) is 10.6. The van der Waals surface area contributed by atoms with Gasteiger partial charge in [-0.2, -0.15) is 9.78 Å². The van der Waals surface area contributed by atoms with Crippen LogP contribution in [0.15, 0.2) is 61.2 Å². The predicted molar refractivity (Wildman–Crippen MR) is 132 cm³/mol. The summed E-state index contributed by atoms with van der Waals surface area (Å²) in [6.07, 6.45) is 4.45. The monoisotopic (exact) mass is 522 g/mol. The Labute approximate surface area is 214 Å². The van der Waals surface area contributed by atoms with Crippen molar-refractivity contribution in [2.75, 3.05) is 10.2 Å². The number of nitrogens with one attached hydrogen (secondary N) is 2. The highest BCUT2D eigenvalue weighted by Crippen LogP contribution is 2.38. The molecule has 13 heteroatoms. The summed E-state index contributed by atoms with van der Waals surface area (Å²) in [6.45, 7) is 1.71. The Hall–Kier alpha value is -4.35. The van der Waals surface area contributed by atoms with Crippen LogP contribution in [0.3, 0.4) is 0 Å². The van der Waals surface area contributed by atoms with E-state index < -0.39 is 23.9 Å². The van der Waals surface area contributed by atoms with E-state index in [9.17, 15) is 14.4 Å². The van der Waals surface area contributed by atoms with Crippen LogP contribution in [0.5, 0.6) is 0 Å². The maximum Gasteiger partial charge on any atom is 0.319 e. The lowest BCUT2D eigenvalue weighted by molar-refractivity contribution is 0.0926. The number of urea groups is 1. The largest absolute Gasteiger partial charge is 0.328 e. The van der Waals surface area contributed by atoms with Crippen molar-refractivity contribution in [2.45, 2.75) is 13.0 Å². The fourth-order valence-electron chi connectivity index (χ4n) is 3.73. The molecule has 1 atom stereocenters. The van der Waals surface area contributed by atoms with Gasteiger partial charge in [0.15, 0.2) is 5.82 Å². The number of hydrogen-bond acceptors (Lipinski definition) is 7. The van der Waals surface area contributed by atoms with Crippen molar-refractivity contribution in [1.29, 1.82) is 0 Å². The van der Waals surface area contributed by atoms with E-state index in [1.54, 1.807) is 49.6 Å². The van der Waals surface area contributed by atoms with Crippen LogP contribution in [0.4, 0.5) is 16.2 Å². The van der Waals surface area contributed by atoms with Crippen molar-refractivity contribution in [3.8, 4) is 5.95 Å². The zero-order valence-electron chi connectivity index (χ0n) is 18.5. The van der Waals surface area contributed by atoms with Crippen LogP contribution in [-0.2, 0) is 0 Å². The molecule has 2 aromatic carbocycles. The van der Waals surface area contributed by atoms with Crippen molar-refractivity contribution in [3.63, 3.8) is 0 Å². The smallest absolute Gasteiger partial charge is 0.319 e. The average molecular weight is 523 g/mol. The van der Waals surface area contributed by atoms with Gasteiger partial charge in [0, 0.05) is 12.4 Å². The number of carbonyl (C=O) groups excluding carboxylic acids is 3. The van der Waals surface area contributed by atoms with Crippen LogP contribution < -0.4 is 15.5 Å². The summed E-state index contributed by atoms with van der Waals surface area (Å²) in [4.78, 5) is 52.0. The summed E-state index contributed by atoms with van der Waals surface area (Å²) in [6, 6.07) is 9.63. The van der Waals surface area contributed by atoms with E-state index in [2.05, 4.69) is 30.7 Å². The first-order chi connectivity index (χ1) is 17.3. The molecular formula is C23H16Cl2N8O3. The molecule has 0 aliphatic carbocycles. The van der Waals surface area contributed by atoms with Crippen LogP contribution >= 0.6 is 23.2 Å². The van der Waals surface area contributed by atoms with Crippen molar-refractivity contribution in [1.82, 2.24) is 30.0 Å². The van der Waals surface area contributed by atoms with Gasteiger partial charge in [-0.1, -0.05) is 35.3 Å². The zero-order valence-corrected chi connectivity index (χ0v) is 20.0. The predicted octanol–water partition coefficient (Wildman–Crippen LogP) is 4.05. The Morgan fingerprint density at radius 1 is 0.944 bits per heavy atom. The Balaban J connectivity index is 1.36. The van der Waals surface area contributed by atoms with E-state index in [0.29, 0.717) is 11.8 Å². The Morgan fingerprint density at radius 3 is 2.28 bits per heavy atom. The lowest BCUT2D eigenvalue weighted by Gasteiger charge is -2.19. The highest BCUT2D eigenvalue weighted by Gasteiger charge is 2.37. The molecule has 0 spiro atoms. The number of imide groups is 1. The number of aromatic nitrogens is 5. The molecule has 0 radical (unpaired) electrons. The highest BCUT2D eigenvalue weighted by atomic mass is 35.5. The number of fused-ring (bicyclic) bond motifs is 1. The van der Waals surface area contributed by atoms with Gasteiger partial charge in [-0.15, -0.1) is 0 Å². The van der Waals surface area contributed by atoms with Crippen molar-refractivity contribution < 1.29 is 14.4 Å². The van der Waals surface area contributed by atoms with Gasteiger partial charge in [0.2, 0.25) is 0 Å². The van der Waals surface area contributed by atoms with E-state index >= 15 is 0 Å². The molecule has 11 nitrogen and oxygen atoms in total. The summed E-state index contributed by atoms with van der Waals surface area (Å²) in [5.41, 5.74) is 0.768. The van der Waals surface area contributed by atoms with E-state index in [-0.39, 0.29) is 32.5 Å². The molecule has 2 aromatic heterocycles. The van der Waals surface area contributed by atoms with Gasteiger partial charge in [-0.3, -0.25) is 9.59 Å². The SMILES string of the molecule is C[C@H](NC(=O)Nc1cc(N2C(=O)c3ccccc3C2=O)c(Cl)cc1Cl)c1ncnn1-c1ncccn1. The third-order valence-electron chi connectivity index (χ3n) is 5.37. The standard InChI is InChI=1S/C23H16Cl2N8O3/c1-12(19-28-11-29-33(19)22-26-7-4-8-27-22)30-23(36)31-17-10-18(16(25)9-15(17)24)32-20(34)13-5-2-3-6-14(13)21(32)35/h2-12H,1H3,(H2,30,31,36)/t12-/m0/s1. The molecule has 4 aromatic rings. The quantitative estimate of drug-likeness (QED) is 0.377. The molecular weight excluding hydrogens is 507 g/mol. The van der Waals surface area contributed by atoms with Crippen LogP contribution in [0.1, 0.15) is 39.5 Å². The van der Waals surface area contributed by atoms with Crippen LogP contribution in [-0.4, -0.2) is 42.6 Å². The highest BCUT2D eigenvalue weighted by molar-refractivity contribution is 6.42.